The zero-order valence-corrected chi connectivity index (χ0v) is 23.3. The highest BCUT2D eigenvalue weighted by atomic mass is 16.7. The second-order valence-electron chi connectivity index (χ2n) is 9.30. The predicted molar refractivity (Wildman–Crippen MR) is 138 cm³/mol. The number of hydrogen-bond donors (Lipinski definition) is 1. The van der Waals surface area contributed by atoms with Gasteiger partial charge >= 0.3 is 23.9 Å². The van der Waals surface area contributed by atoms with Gasteiger partial charge in [0.1, 0.15) is 24.5 Å². The quantitative estimate of drug-likeness (QED) is 0.255. The van der Waals surface area contributed by atoms with Crippen LogP contribution in [0.4, 0.5) is 0 Å². The third-order valence-corrected chi connectivity index (χ3v) is 6.29. The molecule has 0 bridgehead atoms. The standard InChI is InChI=1S/C27H34N2O11/c1-14(30)29(10-9-19-12-28-22-8-7-20(11-21(19)22)37-16(3)32)24-25(38-17(4)33)23(13-36-15(2)31)40-27(35-6)26(24)39-18(5)34/h7-8,11-12,23-28H,9-10,13H2,1-6H3/t23-,24-,25-,26+,27+/m1/s1. The number of ether oxygens (including phenoxy) is 6. The number of methoxy groups -OCH3 is 1. The monoisotopic (exact) mass is 562 g/mol. The van der Waals surface area contributed by atoms with Crippen LogP contribution in [0.2, 0.25) is 0 Å². The Morgan fingerprint density at radius 3 is 2.17 bits per heavy atom. The van der Waals surface area contributed by atoms with E-state index in [1.807, 2.05) is 0 Å². The van der Waals surface area contributed by atoms with Crippen LogP contribution in [0.1, 0.15) is 40.2 Å². The second-order valence-corrected chi connectivity index (χ2v) is 9.30. The highest BCUT2D eigenvalue weighted by molar-refractivity contribution is 5.85. The molecule has 0 aliphatic carbocycles. The van der Waals surface area contributed by atoms with Crippen molar-refractivity contribution < 1.29 is 52.4 Å². The molecule has 0 unspecified atom stereocenters. The minimum atomic E-state index is -1.18. The molecule has 0 spiro atoms. The van der Waals surface area contributed by atoms with Gasteiger partial charge < -0.3 is 38.3 Å². The van der Waals surface area contributed by atoms with Crippen molar-refractivity contribution in [2.24, 2.45) is 0 Å². The van der Waals surface area contributed by atoms with Gasteiger partial charge in [-0.15, -0.1) is 0 Å². The van der Waals surface area contributed by atoms with Gasteiger partial charge in [0.25, 0.3) is 0 Å². The van der Waals surface area contributed by atoms with Gasteiger partial charge in [0.2, 0.25) is 5.91 Å². The molecule has 1 saturated heterocycles. The molecule has 5 atom stereocenters. The number of fused-ring (bicyclic) bond motifs is 1. The van der Waals surface area contributed by atoms with E-state index in [4.69, 9.17) is 28.4 Å². The Kier molecular flexibility index (Phi) is 10.2. The van der Waals surface area contributed by atoms with Crippen molar-refractivity contribution in [3.8, 4) is 5.75 Å². The van der Waals surface area contributed by atoms with Crippen LogP contribution in [-0.2, 0) is 54.1 Å². The lowest BCUT2D eigenvalue weighted by atomic mass is 9.93. The number of esters is 4. The number of carbonyl (C=O) groups is 5. The Morgan fingerprint density at radius 1 is 0.925 bits per heavy atom. The smallest absolute Gasteiger partial charge is 0.308 e. The topological polar surface area (TPSA) is 160 Å². The normalized spacial score (nSPS) is 22.3. The van der Waals surface area contributed by atoms with Gasteiger partial charge in [-0.25, -0.2) is 0 Å². The number of aromatic amines is 1. The second kappa shape index (κ2) is 13.4. The molecule has 1 N–H and O–H groups in total. The number of aromatic nitrogens is 1. The van der Waals surface area contributed by atoms with Crippen molar-refractivity contribution in [3.63, 3.8) is 0 Å². The SMILES string of the molecule is CO[C@H]1O[C@H](COC(C)=O)[C@@H](OC(C)=O)[C@@H](N(CCc2c[nH]c3ccc(OC(C)=O)cc23)C(C)=O)[C@@H]1OC(C)=O. The number of carbonyl (C=O) groups excluding carboxylic acids is 5. The summed E-state index contributed by atoms with van der Waals surface area (Å²) in [7, 11) is 1.33. The van der Waals surface area contributed by atoms with E-state index in [-0.39, 0.29) is 13.2 Å². The third kappa shape index (κ3) is 7.57. The molecule has 0 radical (unpaired) electrons. The predicted octanol–water partition coefficient (Wildman–Crippen LogP) is 1.65. The summed E-state index contributed by atoms with van der Waals surface area (Å²) < 4.78 is 32.8. The minimum absolute atomic E-state index is 0.108. The molecular formula is C27H34N2O11. The van der Waals surface area contributed by atoms with Crippen molar-refractivity contribution in [3.05, 3.63) is 30.0 Å². The van der Waals surface area contributed by atoms with Crippen LogP contribution in [0.5, 0.6) is 5.75 Å². The fraction of sp³-hybridized carbons (Fsp3) is 0.519. The molecule has 1 aliphatic heterocycles. The van der Waals surface area contributed by atoms with Gasteiger partial charge in [-0.05, 0) is 30.2 Å². The third-order valence-electron chi connectivity index (χ3n) is 6.29. The molecule has 1 aromatic carbocycles. The number of rotatable bonds is 10. The maximum absolute atomic E-state index is 13.1. The molecule has 3 rings (SSSR count). The maximum atomic E-state index is 13.1. The number of nitrogens with zero attached hydrogens (tertiary/aromatic N) is 1. The first kappa shape index (κ1) is 30.6. The Hall–Kier alpha value is -3.97. The Morgan fingerprint density at radius 2 is 1.60 bits per heavy atom. The molecule has 1 fully saturated rings. The Bertz CT molecular complexity index is 1260. The lowest BCUT2D eigenvalue weighted by Crippen LogP contribution is -2.67. The molecule has 40 heavy (non-hydrogen) atoms. The van der Waals surface area contributed by atoms with E-state index in [0.717, 1.165) is 16.5 Å². The number of amides is 1. The van der Waals surface area contributed by atoms with Gasteiger partial charge in [0, 0.05) is 65.4 Å². The average Bonchev–Trinajstić information content (AvgIpc) is 3.25. The Balaban J connectivity index is 2.00. The zero-order valence-electron chi connectivity index (χ0n) is 23.3. The number of hydrogen-bond acceptors (Lipinski definition) is 11. The number of nitrogens with one attached hydrogen (secondary N) is 1. The molecule has 1 aromatic heterocycles. The molecule has 2 aromatic rings. The van der Waals surface area contributed by atoms with Crippen molar-refractivity contribution >= 4 is 40.7 Å². The van der Waals surface area contributed by atoms with E-state index in [2.05, 4.69) is 4.98 Å². The van der Waals surface area contributed by atoms with Crippen LogP contribution in [0.3, 0.4) is 0 Å². The van der Waals surface area contributed by atoms with Crippen LogP contribution in [0.25, 0.3) is 10.9 Å². The van der Waals surface area contributed by atoms with E-state index in [1.165, 1.54) is 46.6 Å². The van der Waals surface area contributed by atoms with Crippen LogP contribution >= 0.6 is 0 Å². The highest BCUT2D eigenvalue weighted by Gasteiger charge is 2.53. The molecule has 2 heterocycles. The summed E-state index contributed by atoms with van der Waals surface area (Å²) in [6.45, 7) is 6.05. The van der Waals surface area contributed by atoms with Crippen LogP contribution in [-0.4, -0.2) is 90.6 Å². The molecule has 0 saturated carbocycles. The molecule has 13 nitrogen and oxygen atoms in total. The zero-order chi connectivity index (χ0) is 29.6. The number of benzene rings is 1. The van der Waals surface area contributed by atoms with Gasteiger partial charge in [-0.1, -0.05) is 0 Å². The first-order valence-corrected chi connectivity index (χ1v) is 12.6. The van der Waals surface area contributed by atoms with Gasteiger partial charge in [-0.2, -0.15) is 0 Å². The van der Waals surface area contributed by atoms with Crippen LogP contribution in [0.15, 0.2) is 24.4 Å². The average molecular weight is 563 g/mol. The first-order valence-electron chi connectivity index (χ1n) is 12.6. The van der Waals surface area contributed by atoms with E-state index in [9.17, 15) is 24.0 Å². The summed E-state index contributed by atoms with van der Waals surface area (Å²) in [6.07, 6.45) is -2.44. The van der Waals surface area contributed by atoms with Gasteiger partial charge in [0.05, 0.1) is 0 Å². The summed E-state index contributed by atoms with van der Waals surface area (Å²) in [5.74, 6) is -2.42. The highest BCUT2D eigenvalue weighted by Crippen LogP contribution is 2.32. The fourth-order valence-corrected chi connectivity index (χ4v) is 4.78. The summed E-state index contributed by atoms with van der Waals surface area (Å²) in [4.78, 5) is 64.8. The van der Waals surface area contributed by atoms with Crippen molar-refractivity contribution in [1.29, 1.82) is 0 Å². The summed E-state index contributed by atoms with van der Waals surface area (Å²) in [6, 6.07) is 4.10. The van der Waals surface area contributed by atoms with Gasteiger partial charge in [0.15, 0.2) is 18.5 Å². The molecule has 1 amide bonds. The molecule has 1 aliphatic rings. The summed E-state index contributed by atoms with van der Waals surface area (Å²) in [5, 5.41) is 0.782. The lowest BCUT2D eigenvalue weighted by molar-refractivity contribution is -0.289. The van der Waals surface area contributed by atoms with Crippen molar-refractivity contribution in [1.82, 2.24) is 9.88 Å². The maximum Gasteiger partial charge on any atom is 0.308 e. The first-order chi connectivity index (χ1) is 18.9. The van der Waals surface area contributed by atoms with E-state index >= 15 is 0 Å². The van der Waals surface area contributed by atoms with Gasteiger partial charge in [-0.3, -0.25) is 24.0 Å². The molecule has 218 valence electrons. The minimum Gasteiger partial charge on any atom is -0.463 e. The summed E-state index contributed by atoms with van der Waals surface area (Å²) >= 11 is 0. The van der Waals surface area contributed by atoms with E-state index in [0.29, 0.717) is 12.2 Å². The van der Waals surface area contributed by atoms with Crippen LogP contribution < -0.4 is 4.74 Å². The number of H-pyrrole nitrogens is 1. The molecular weight excluding hydrogens is 528 g/mol. The molecule has 13 heteroatoms. The van der Waals surface area contributed by atoms with Crippen LogP contribution in [0, 0.1) is 0 Å². The lowest BCUT2D eigenvalue weighted by Gasteiger charge is -2.48. The van der Waals surface area contributed by atoms with Crippen molar-refractivity contribution in [2.45, 2.75) is 71.7 Å². The van der Waals surface area contributed by atoms with E-state index in [1.54, 1.807) is 24.4 Å². The van der Waals surface area contributed by atoms with Crippen molar-refractivity contribution in [2.75, 3.05) is 20.3 Å². The fourth-order valence-electron chi connectivity index (χ4n) is 4.78. The Labute approximate surface area is 230 Å². The summed E-state index contributed by atoms with van der Waals surface area (Å²) in [5.41, 5.74) is 1.61. The largest absolute Gasteiger partial charge is 0.463 e. The van der Waals surface area contributed by atoms with E-state index < -0.39 is 60.4 Å².